The number of hydrogen-bond acceptors (Lipinski definition) is 6. The van der Waals surface area contributed by atoms with Crippen LogP contribution in [0.4, 0.5) is 0 Å². The third-order valence-electron chi connectivity index (χ3n) is 5.41. The van der Waals surface area contributed by atoms with E-state index < -0.39 is 10.1 Å². The fraction of sp³-hybridized carbons (Fsp3) is 0.750. The minimum atomic E-state index is -3.67. The molecule has 1 saturated heterocycles. The van der Waals surface area contributed by atoms with Crippen LogP contribution < -0.4 is 10.9 Å². The number of fused-ring (bicyclic) bond motifs is 1. The Bertz CT molecular complexity index is 837. The molecule has 0 radical (unpaired) electrons. The number of hydrogen-bond donors (Lipinski definition) is 3. The minimum absolute atomic E-state index is 0.000586. The summed E-state index contributed by atoms with van der Waals surface area (Å²) in [5.41, 5.74) is 2.51. The fourth-order valence-corrected chi connectivity index (χ4v) is 3.98. The number of amides is 1. The summed E-state index contributed by atoms with van der Waals surface area (Å²) in [6.07, 6.45) is 11.3. The summed E-state index contributed by atoms with van der Waals surface area (Å²) in [5, 5.41) is 9.73. The van der Waals surface area contributed by atoms with Crippen molar-refractivity contribution < 1.29 is 17.8 Å². The Morgan fingerprint density at radius 3 is 2.27 bits per heavy atom. The number of rotatable bonds is 5. The molecule has 3 N–H and O–H groups in total. The molecule has 2 aliphatic rings. The average Bonchev–Trinajstić information content (AvgIpc) is 2.64. The van der Waals surface area contributed by atoms with Crippen molar-refractivity contribution in [3.8, 4) is 0 Å². The van der Waals surface area contributed by atoms with Gasteiger partial charge in [-0.1, -0.05) is 19.3 Å². The normalized spacial score (nSPS) is 17.7. The highest BCUT2D eigenvalue weighted by atomic mass is 32.2. The molecule has 3 rings (SSSR count). The van der Waals surface area contributed by atoms with E-state index in [1.807, 2.05) is 0 Å². The summed E-state index contributed by atoms with van der Waals surface area (Å²) >= 11 is 0. The molecule has 0 spiro atoms. The van der Waals surface area contributed by atoms with Gasteiger partial charge >= 0.3 is 0 Å². The maximum atomic E-state index is 12.3. The molecule has 2 heterocycles. The molecule has 0 bridgehead atoms. The zero-order valence-corrected chi connectivity index (χ0v) is 18.6. The summed E-state index contributed by atoms with van der Waals surface area (Å²) in [6, 6.07) is 0. The lowest BCUT2D eigenvalue weighted by Gasteiger charge is -2.24. The smallest absolute Gasteiger partial charge is 0.267 e. The molecule has 1 aromatic rings. The average molecular weight is 443 g/mol. The molecule has 0 atom stereocenters. The van der Waals surface area contributed by atoms with Crippen molar-refractivity contribution >= 4 is 16.0 Å². The quantitative estimate of drug-likeness (QED) is 0.581. The van der Waals surface area contributed by atoms with Gasteiger partial charge in [-0.2, -0.15) is 13.5 Å². The van der Waals surface area contributed by atoms with Crippen molar-refractivity contribution in [3.05, 3.63) is 27.2 Å². The highest BCUT2D eigenvalue weighted by Gasteiger charge is 2.19. The molecule has 170 valence electrons. The maximum Gasteiger partial charge on any atom is 0.267 e. The lowest BCUT2D eigenvalue weighted by molar-refractivity contribution is -0.120. The Hall–Kier alpha value is -1.78. The van der Waals surface area contributed by atoms with Crippen LogP contribution in [-0.2, 0) is 34.2 Å². The van der Waals surface area contributed by atoms with Gasteiger partial charge in [0, 0.05) is 18.7 Å². The number of carbonyl (C=O) groups excluding carboxylic acids is 1. The van der Waals surface area contributed by atoms with E-state index in [0.717, 1.165) is 62.1 Å². The first kappa shape index (κ1) is 24.5. The highest BCUT2D eigenvalue weighted by Crippen LogP contribution is 2.20. The van der Waals surface area contributed by atoms with Gasteiger partial charge in [0.05, 0.1) is 18.4 Å². The van der Waals surface area contributed by atoms with E-state index in [1.54, 1.807) is 0 Å². The van der Waals surface area contributed by atoms with Gasteiger partial charge in [-0.3, -0.25) is 14.1 Å². The second-order valence-corrected chi connectivity index (χ2v) is 9.50. The Morgan fingerprint density at radius 1 is 1.07 bits per heavy atom. The number of H-pyrrole nitrogens is 1. The Balaban J connectivity index is 0.000000575. The lowest BCUT2D eigenvalue weighted by atomic mass is 9.91. The number of aromatic amines is 1. The predicted molar refractivity (Wildman–Crippen MR) is 115 cm³/mol. The number of likely N-dealkylation sites (tertiary alicyclic amines) is 1. The molecular formula is C20H34N4O5S. The van der Waals surface area contributed by atoms with E-state index in [9.17, 15) is 18.0 Å². The Morgan fingerprint density at radius 2 is 1.63 bits per heavy atom. The van der Waals surface area contributed by atoms with Crippen LogP contribution in [-0.4, -0.2) is 66.4 Å². The molecule has 0 saturated carbocycles. The summed E-state index contributed by atoms with van der Waals surface area (Å²) in [4.78, 5) is 26.6. The van der Waals surface area contributed by atoms with Crippen molar-refractivity contribution in [2.24, 2.45) is 0 Å². The zero-order valence-electron chi connectivity index (χ0n) is 17.8. The molecular weight excluding hydrogens is 408 g/mol. The third-order valence-corrected chi connectivity index (χ3v) is 5.41. The third kappa shape index (κ3) is 9.36. The van der Waals surface area contributed by atoms with Gasteiger partial charge in [-0.15, -0.1) is 0 Å². The molecule has 0 unspecified atom stereocenters. The largest absolute Gasteiger partial charge is 0.354 e. The van der Waals surface area contributed by atoms with Gasteiger partial charge in [0.2, 0.25) is 5.91 Å². The van der Waals surface area contributed by atoms with Crippen molar-refractivity contribution in [2.45, 2.75) is 64.2 Å². The first-order valence-corrected chi connectivity index (χ1v) is 12.6. The lowest BCUT2D eigenvalue weighted by Crippen LogP contribution is -2.37. The maximum absolute atomic E-state index is 12.3. The standard InChI is InChI=1S/C19H30N4O2.CH4O3S/c24-18(20-10-13-23-11-6-2-1-3-7-12-23)14-17-15-8-4-5-9-16(15)19(25)22-21-17;1-5(2,3)4/h1-14H2,(H,20,24)(H,22,25);1H3,(H,2,3,4). The Labute approximate surface area is 178 Å². The number of nitrogens with zero attached hydrogens (tertiary/aromatic N) is 2. The number of nitrogens with one attached hydrogen (secondary N) is 2. The van der Waals surface area contributed by atoms with Crippen LogP contribution in [0.25, 0.3) is 0 Å². The molecule has 1 aliphatic carbocycles. The monoisotopic (exact) mass is 442 g/mol. The molecule has 1 aromatic heterocycles. The molecule has 0 aromatic carbocycles. The summed E-state index contributed by atoms with van der Waals surface area (Å²) in [7, 11) is -3.67. The van der Waals surface area contributed by atoms with Crippen LogP contribution in [0.2, 0.25) is 0 Å². The van der Waals surface area contributed by atoms with E-state index in [-0.39, 0.29) is 17.9 Å². The van der Waals surface area contributed by atoms with Gasteiger partial charge in [-0.25, -0.2) is 5.10 Å². The van der Waals surface area contributed by atoms with E-state index >= 15 is 0 Å². The van der Waals surface area contributed by atoms with Crippen LogP contribution >= 0.6 is 0 Å². The van der Waals surface area contributed by atoms with E-state index in [0.29, 0.717) is 12.8 Å². The molecule has 9 nitrogen and oxygen atoms in total. The molecule has 1 fully saturated rings. The van der Waals surface area contributed by atoms with Crippen molar-refractivity contribution in [3.63, 3.8) is 0 Å². The molecule has 30 heavy (non-hydrogen) atoms. The van der Waals surface area contributed by atoms with Gasteiger partial charge in [0.1, 0.15) is 0 Å². The first-order chi connectivity index (χ1) is 14.2. The summed E-state index contributed by atoms with van der Waals surface area (Å²) in [5.74, 6) is -0.000586. The van der Waals surface area contributed by atoms with Crippen LogP contribution in [0, 0.1) is 0 Å². The second kappa shape index (κ2) is 12.2. The topological polar surface area (TPSA) is 132 Å². The first-order valence-electron chi connectivity index (χ1n) is 10.7. The molecule has 1 amide bonds. The van der Waals surface area contributed by atoms with Crippen LogP contribution in [0.15, 0.2) is 4.79 Å². The van der Waals surface area contributed by atoms with Gasteiger partial charge in [0.15, 0.2) is 0 Å². The van der Waals surface area contributed by atoms with E-state index in [4.69, 9.17) is 4.55 Å². The fourth-order valence-electron chi connectivity index (χ4n) is 3.98. The van der Waals surface area contributed by atoms with Crippen molar-refractivity contribution in [2.75, 3.05) is 32.4 Å². The van der Waals surface area contributed by atoms with Crippen LogP contribution in [0.5, 0.6) is 0 Å². The predicted octanol–water partition coefficient (Wildman–Crippen LogP) is 1.08. The minimum Gasteiger partial charge on any atom is -0.354 e. The van der Waals surface area contributed by atoms with E-state index in [1.165, 1.54) is 32.1 Å². The molecule has 1 aliphatic heterocycles. The number of aromatic nitrogens is 2. The second-order valence-electron chi connectivity index (χ2n) is 8.03. The summed E-state index contributed by atoms with van der Waals surface area (Å²) < 4.78 is 25.9. The molecule has 10 heteroatoms. The van der Waals surface area contributed by atoms with E-state index in [2.05, 4.69) is 20.4 Å². The van der Waals surface area contributed by atoms with Crippen LogP contribution in [0.1, 0.15) is 61.8 Å². The zero-order chi connectivity index (χ0) is 22.0. The van der Waals surface area contributed by atoms with Gasteiger partial charge in [-0.05, 0) is 57.2 Å². The summed E-state index contributed by atoms with van der Waals surface area (Å²) in [6.45, 7) is 3.89. The van der Waals surface area contributed by atoms with Crippen molar-refractivity contribution in [1.29, 1.82) is 0 Å². The van der Waals surface area contributed by atoms with Crippen LogP contribution in [0.3, 0.4) is 0 Å². The number of carbonyl (C=O) groups is 1. The van der Waals surface area contributed by atoms with Gasteiger partial charge < -0.3 is 10.2 Å². The van der Waals surface area contributed by atoms with Crippen molar-refractivity contribution in [1.82, 2.24) is 20.4 Å². The Kier molecular flexibility index (Phi) is 9.93. The highest BCUT2D eigenvalue weighted by molar-refractivity contribution is 7.85. The SMILES string of the molecule is CS(=O)(=O)O.O=C(Cc1n[nH]c(=O)c2c1CCCC2)NCCN1CCCCCCC1. The van der Waals surface area contributed by atoms with Gasteiger partial charge in [0.25, 0.3) is 15.7 Å².